The fourth-order valence-electron chi connectivity index (χ4n) is 3.07. The van der Waals surface area contributed by atoms with Crippen LogP contribution in [0.1, 0.15) is 44.6 Å². The minimum atomic E-state index is -0.0656. The second kappa shape index (κ2) is 5.68. The number of rotatable bonds is 4. The van der Waals surface area contributed by atoms with Crippen LogP contribution in [0, 0.1) is 11.8 Å². The molecule has 17 heavy (non-hydrogen) atoms. The fraction of sp³-hybridized carbons (Fsp3) is 0.562. The Bertz CT molecular complexity index is 323. The van der Waals surface area contributed by atoms with Crippen molar-refractivity contribution < 1.29 is 5.11 Å². The Labute approximate surface area is 105 Å². The molecule has 0 atom stereocenters. The lowest BCUT2D eigenvalue weighted by molar-refractivity contribution is 0.0763. The summed E-state index contributed by atoms with van der Waals surface area (Å²) in [5.74, 6) is 0. The summed E-state index contributed by atoms with van der Waals surface area (Å²) in [6.45, 7) is 2.22. The van der Waals surface area contributed by atoms with E-state index in [1.807, 2.05) is 0 Å². The Morgan fingerprint density at radius 1 is 1.24 bits per heavy atom. The highest BCUT2D eigenvalue weighted by molar-refractivity contribution is 5.18. The normalized spacial score (nSPS) is 29.2. The van der Waals surface area contributed by atoms with Gasteiger partial charge in [0, 0.05) is 0 Å². The molecule has 0 unspecified atom stereocenters. The minimum absolute atomic E-state index is 0.0656. The molecule has 1 aliphatic carbocycles. The van der Waals surface area contributed by atoms with E-state index in [2.05, 4.69) is 43.7 Å². The molecule has 1 N–H and O–H groups in total. The van der Waals surface area contributed by atoms with Crippen molar-refractivity contribution in [3.63, 3.8) is 0 Å². The van der Waals surface area contributed by atoms with Crippen molar-refractivity contribution in [2.75, 3.05) is 0 Å². The van der Waals surface area contributed by atoms with Gasteiger partial charge < -0.3 is 5.11 Å². The maximum Gasteiger partial charge on any atom is 0.0540 e. The van der Waals surface area contributed by atoms with Gasteiger partial charge >= 0.3 is 0 Å². The van der Waals surface area contributed by atoms with Gasteiger partial charge in [0.2, 0.25) is 0 Å². The standard InChI is InChI=1S/C16H23O/c1-2-10-16(11-8-15(17)9-12-16)13-14-6-4-3-5-7-14/h3-7,10,15,17H,2,8-9,11-13H2,1H3. The van der Waals surface area contributed by atoms with Crippen molar-refractivity contribution in [3.05, 3.63) is 42.3 Å². The van der Waals surface area contributed by atoms with Crippen LogP contribution >= 0.6 is 0 Å². The van der Waals surface area contributed by atoms with E-state index in [1.54, 1.807) is 0 Å². The monoisotopic (exact) mass is 231 g/mol. The summed E-state index contributed by atoms with van der Waals surface area (Å²) >= 11 is 0. The van der Waals surface area contributed by atoms with Crippen LogP contribution in [0.25, 0.3) is 0 Å². The van der Waals surface area contributed by atoms with Crippen molar-refractivity contribution >= 4 is 0 Å². The Morgan fingerprint density at radius 2 is 1.88 bits per heavy atom. The van der Waals surface area contributed by atoms with E-state index in [1.165, 1.54) is 5.56 Å². The molecule has 1 heteroatoms. The number of hydrogen-bond acceptors (Lipinski definition) is 1. The molecule has 1 saturated carbocycles. The second-order valence-electron chi connectivity index (χ2n) is 5.37. The first-order valence-corrected chi connectivity index (χ1v) is 6.80. The quantitative estimate of drug-likeness (QED) is 0.836. The van der Waals surface area contributed by atoms with Gasteiger partial charge in [-0.05, 0) is 49.5 Å². The molecule has 0 saturated heterocycles. The van der Waals surface area contributed by atoms with Crippen LogP contribution in [-0.2, 0) is 6.42 Å². The van der Waals surface area contributed by atoms with Gasteiger partial charge in [-0.3, -0.25) is 0 Å². The molecule has 1 radical (unpaired) electrons. The van der Waals surface area contributed by atoms with Crippen LogP contribution in [0.2, 0.25) is 0 Å². The Morgan fingerprint density at radius 3 is 2.47 bits per heavy atom. The molecule has 1 aromatic rings. The van der Waals surface area contributed by atoms with Crippen LogP contribution in [0.3, 0.4) is 0 Å². The van der Waals surface area contributed by atoms with Crippen LogP contribution in [0.5, 0.6) is 0 Å². The average molecular weight is 231 g/mol. The number of hydrogen-bond donors (Lipinski definition) is 1. The zero-order valence-corrected chi connectivity index (χ0v) is 10.7. The molecule has 0 bridgehead atoms. The zero-order valence-electron chi connectivity index (χ0n) is 10.7. The summed E-state index contributed by atoms with van der Waals surface area (Å²) in [6.07, 6.45) is 8.87. The molecule has 1 nitrogen and oxygen atoms in total. The first-order valence-electron chi connectivity index (χ1n) is 6.80. The molecule has 1 aromatic carbocycles. The average Bonchev–Trinajstić information content (AvgIpc) is 2.35. The van der Waals surface area contributed by atoms with Gasteiger partial charge in [0.15, 0.2) is 0 Å². The molecule has 1 fully saturated rings. The third-order valence-electron chi connectivity index (χ3n) is 3.99. The summed E-state index contributed by atoms with van der Waals surface area (Å²) in [7, 11) is 0. The number of aliphatic hydroxyl groups is 1. The maximum atomic E-state index is 9.66. The van der Waals surface area contributed by atoms with E-state index < -0.39 is 0 Å². The van der Waals surface area contributed by atoms with E-state index >= 15 is 0 Å². The molecular formula is C16H23O. The Kier molecular flexibility index (Phi) is 4.22. The summed E-state index contributed by atoms with van der Waals surface area (Å²) in [6, 6.07) is 10.7. The van der Waals surface area contributed by atoms with E-state index in [4.69, 9.17) is 0 Å². The predicted octanol–water partition coefficient (Wildman–Crippen LogP) is 3.76. The van der Waals surface area contributed by atoms with Crippen molar-refractivity contribution in [1.82, 2.24) is 0 Å². The van der Waals surface area contributed by atoms with Crippen LogP contribution in [0.4, 0.5) is 0 Å². The Balaban J connectivity index is 2.06. The van der Waals surface area contributed by atoms with Crippen molar-refractivity contribution in [2.24, 2.45) is 5.41 Å². The smallest absolute Gasteiger partial charge is 0.0540 e. The van der Waals surface area contributed by atoms with E-state index in [0.717, 1.165) is 38.5 Å². The first kappa shape index (κ1) is 12.6. The lowest BCUT2D eigenvalue weighted by Gasteiger charge is -2.39. The maximum absolute atomic E-state index is 9.66. The minimum Gasteiger partial charge on any atom is -0.393 e. The molecule has 0 spiro atoms. The largest absolute Gasteiger partial charge is 0.393 e. The SMILES string of the molecule is CC[CH]C1(Cc2ccccc2)CCC(O)CC1. The van der Waals surface area contributed by atoms with Gasteiger partial charge in [-0.2, -0.15) is 0 Å². The molecule has 0 amide bonds. The van der Waals surface area contributed by atoms with Gasteiger partial charge in [-0.25, -0.2) is 0 Å². The van der Waals surface area contributed by atoms with Gasteiger partial charge in [0.1, 0.15) is 0 Å². The predicted molar refractivity (Wildman–Crippen MR) is 71.6 cm³/mol. The molecule has 0 aliphatic heterocycles. The van der Waals surface area contributed by atoms with E-state index in [-0.39, 0.29) is 6.10 Å². The van der Waals surface area contributed by atoms with Crippen molar-refractivity contribution in [2.45, 2.75) is 51.6 Å². The van der Waals surface area contributed by atoms with Gasteiger partial charge in [-0.1, -0.05) is 43.7 Å². The third-order valence-corrected chi connectivity index (χ3v) is 3.99. The van der Waals surface area contributed by atoms with Crippen LogP contribution < -0.4 is 0 Å². The highest BCUT2D eigenvalue weighted by Gasteiger charge is 2.34. The summed E-state index contributed by atoms with van der Waals surface area (Å²) in [5.41, 5.74) is 1.75. The second-order valence-corrected chi connectivity index (χ2v) is 5.37. The van der Waals surface area contributed by atoms with Gasteiger partial charge in [0.25, 0.3) is 0 Å². The van der Waals surface area contributed by atoms with Gasteiger partial charge in [-0.15, -0.1) is 0 Å². The summed E-state index contributed by atoms with van der Waals surface area (Å²) < 4.78 is 0. The lowest BCUT2D eigenvalue weighted by Crippen LogP contribution is -2.32. The zero-order chi connectivity index (χ0) is 12.1. The van der Waals surface area contributed by atoms with E-state index in [0.29, 0.717) is 5.41 Å². The first-order chi connectivity index (χ1) is 8.24. The molecule has 1 aliphatic rings. The topological polar surface area (TPSA) is 20.2 Å². The summed E-state index contributed by atoms with van der Waals surface area (Å²) in [5, 5.41) is 9.66. The molecular weight excluding hydrogens is 208 g/mol. The molecule has 93 valence electrons. The van der Waals surface area contributed by atoms with Crippen LogP contribution in [0.15, 0.2) is 30.3 Å². The Hall–Kier alpha value is -0.820. The van der Waals surface area contributed by atoms with Crippen molar-refractivity contribution in [3.8, 4) is 0 Å². The molecule has 0 aromatic heterocycles. The molecule has 2 rings (SSSR count). The highest BCUT2D eigenvalue weighted by atomic mass is 16.3. The van der Waals surface area contributed by atoms with Gasteiger partial charge in [0.05, 0.1) is 6.10 Å². The third kappa shape index (κ3) is 3.32. The lowest BCUT2D eigenvalue weighted by atomic mass is 9.67. The van der Waals surface area contributed by atoms with E-state index in [9.17, 15) is 5.11 Å². The fourth-order valence-corrected chi connectivity index (χ4v) is 3.07. The van der Waals surface area contributed by atoms with Crippen LogP contribution in [-0.4, -0.2) is 11.2 Å². The number of aliphatic hydroxyl groups excluding tert-OH is 1. The molecule has 0 heterocycles. The number of benzene rings is 1. The highest BCUT2D eigenvalue weighted by Crippen LogP contribution is 2.42. The summed E-state index contributed by atoms with van der Waals surface area (Å²) in [4.78, 5) is 0. The van der Waals surface area contributed by atoms with Crippen molar-refractivity contribution in [1.29, 1.82) is 0 Å².